The van der Waals surface area contributed by atoms with E-state index >= 15 is 0 Å². The molecule has 0 radical (unpaired) electrons. The fourth-order valence-corrected chi connectivity index (χ4v) is 0.961. The highest BCUT2D eigenvalue weighted by atomic mass is 14.0. The standard InChI is InChI=1S/C10H13/c1-3-9(2)10-7-5-4-6-8-10/h4-9H,2-3H2,1H3/q+1. The molecule has 0 spiro atoms. The maximum Gasteiger partial charge on any atom is 0.120 e. The third-order valence-corrected chi connectivity index (χ3v) is 1.76. The van der Waals surface area contributed by atoms with E-state index in [-0.39, 0.29) is 0 Å². The van der Waals surface area contributed by atoms with Gasteiger partial charge in [0.25, 0.3) is 0 Å². The van der Waals surface area contributed by atoms with Crippen LogP contribution in [0.25, 0.3) is 0 Å². The molecule has 0 heteroatoms. The fraction of sp³-hybridized carbons (Fsp3) is 0.300. The topological polar surface area (TPSA) is 0 Å². The summed E-state index contributed by atoms with van der Waals surface area (Å²) in [5, 5.41) is 0. The van der Waals surface area contributed by atoms with Crippen molar-refractivity contribution in [2.75, 3.05) is 0 Å². The Hall–Kier alpha value is -0.910. The molecule has 0 fully saturated rings. The van der Waals surface area contributed by atoms with Gasteiger partial charge in [0.2, 0.25) is 0 Å². The van der Waals surface area contributed by atoms with Gasteiger partial charge in [-0.1, -0.05) is 37.3 Å². The lowest BCUT2D eigenvalue weighted by Crippen LogP contribution is -1.89. The molecule has 1 aromatic rings. The molecule has 0 aliphatic heterocycles. The van der Waals surface area contributed by atoms with Crippen molar-refractivity contribution in [1.82, 2.24) is 0 Å². The molecular formula is C10H13+. The van der Waals surface area contributed by atoms with Gasteiger partial charge in [0.1, 0.15) is 5.92 Å². The van der Waals surface area contributed by atoms with Crippen LogP contribution >= 0.6 is 0 Å². The highest BCUT2D eigenvalue weighted by Crippen LogP contribution is 2.16. The molecule has 0 bridgehead atoms. The summed E-state index contributed by atoms with van der Waals surface area (Å²) in [5.41, 5.74) is 1.34. The Balaban J connectivity index is 2.75. The van der Waals surface area contributed by atoms with E-state index in [4.69, 9.17) is 0 Å². The van der Waals surface area contributed by atoms with Gasteiger partial charge in [-0.05, 0) is 12.0 Å². The normalized spacial score (nSPS) is 12.9. The number of rotatable bonds is 2. The summed E-state index contributed by atoms with van der Waals surface area (Å²) in [4.78, 5) is 0. The molecule has 0 saturated heterocycles. The zero-order valence-electron chi connectivity index (χ0n) is 6.38. The molecule has 10 heavy (non-hydrogen) atoms. The van der Waals surface area contributed by atoms with Crippen molar-refractivity contribution in [3.8, 4) is 0 Å². The third-order valence-electron chi connectivity index (χ3n) is 1.76. The SMILES string of the molecule is [CH2+]C(CC)c1ccccc1. The van der Waals surface area contributed by atoms with E-state index in [1.807, 2.05) is 6.07 Å². The summed E-state index contributed by atoms with van der Waals surface area (Å²) in [7, 11) is 0. The Kier molecular flexibility index (Phi) is 2.38. The molecular weight excluding hydrogens is 120 g/mol. The molecule has 1 aromatic carbocycles. The quantitative estimate of drug-likeness (QED) is 0.544. The molecule has 0 nitrogen and oxygen atoms in total. The van der Waals surface area contributed by atoms with E-state index < -0.39 is 0 Å². The van der Waals surface area contributed by atoms with Gasteiger partial charge in [0, 0.05) is 0 Å². The predicted molar refractivity (Wildman–Crippen MR) is 44.8 cm³/mol. The van der Waals surface area contributed by atoms with Crippen LogP contribution in [0.15, 0.2) is 30.3 Å². The van der Waals surface area contributed by atoms with Gasteiger partial charge in [-0.15, -0.1) is 0 Å². The first-order valence-corrected chi connectivity index (χ1v) is 3.72. The smallest absolute Gasteiger partial charge is 0.0622 e. The third kappa shape index (κ3) is 1.53. The van der Waals surface area contributed by atoms with Crippen molar-refractivity contribution in [3.63, 3.8) is 0 Å². The molecule has 0 aliphatic carbocycles. The summed E-state index contributed by atoms with van der Waals surface area (Å²) >= 11 is 0. The van der Waals surface area contributed by atoms with E-state index in [9.17, 15) is 0 Å². The van der Waals surface area contributed by atoms with E-state index in [0.29, 0.717) is 5.92 Å². The van der Waals surface area contributed by atoms with Gasteiger partial charge in [0.05, 0.1) is 6.92 Å². The average Bonchev–Trinajstić information content (AvgIpc) is 2.05. The average molecular weight is 133 g/mol. The minimum absolute atomic E-state index is 0.459. The molecule has 1 atom stereocenters. The Morgan fingerprint density at radius 2 is 1.90 bits per heavy atom. The van der Waals surface area contributed by atoms with Crippen molar-refractivity contribution >= 4 is 0 Å². The molecule has 0 aliphatic rings. The Labute approximate surface area is 62.9 Å². The van der Waals surface area contributed by atoms with Crippen molar-refractivity contribution in [1.29, 1.82) is 0 Å². The van der Waals surface area contributed by atoms with Crippen LogP contribution in [0.4, 0.5) is 0 Å². The largest absolute Gasteiger partial charge is 0.120 e. The van der Waals surface area contributed by atoms with Crippen LogP contribution in [0.2, 0.25) is 0 Å². The van der Waals surface area contributed by atoms with E-state index in [1.165, 1.54) is 5.56 Å². The van der Waals surface area contributed by atoms with E-state index in [0.717, 1.165) is 6.42 Å². The first-order chi connectivity index (χ1) is 4.84. The summed E-state index contributed by atoms with van der Waals surface area (Å²) < 4.78 is 0. The molecule has 0 saturated carbocycles. The van der Waals surface area contributed by atoms with Crippen LogP contribution in [0, 0.1) is 6.92 Å². The highest BCUT2D eigenvalue weighted by molar-refractivity contribution is 5.19. The van der Waals surface area contributed by atoms with Crippen LogP contribution in [-0.2, 0) is 0 Å². The second-order valence-electron chi connectivity index (χ2n) is 2.52. The Morgan fingerprint density at radius 3 is 2.40 bits per heavy atom. The number of hydrogen-bond donors (Lipinski definition) is 0. The number of benzene rings is 1. The van der Waals surface area contributed by atoms with Crippen molar-refractivity contribution in [3.05, 3.63) is 42.8 Å². The lowest BCUT2D eigenvalue weighted by molar-refractivity contribution is 0.802. The maximum absolute atomic E-state index is 4.03. The zero-order valence-corrected chi connectivity index (χ0v) is 6.38. The first-order valence-electron chi connectivity index (χ1n) is 3.72. The van der Waals surface area contributed by atoms with Gasteiger partial charge >= 0.3 is 0 Å². The summed E-state index contributed by atoms with van der Waals surface area (Å²) in [5.74, 6) is 0.459. The molecule has 0 N–H and O–H groups in total. The van der Waals surface area contributed by atoms with Crippen LogP contribution in [0.3, 0.4) is 0 Å². The number of hydrogen-bond acceptors (Lipinski definition) is 0. The molecule has 52 valence electrons. The van der Waals surface area contributed by atoms with Crippen molar-refractivity contribution in [2.24, 2.45) is 0 Å². The summed E-state index contributed by atoms with van der Waals surface area (Å²) in [6, 6.07) is 10.4. The second kappa shape index (κ2) is 3.31. The second-order valence-corrected chi connectivity index (χ2v) is 2.52. The summed E-state index contributed by atoms with van der Waals surface area (Å²) in [6.07, 6.45) is 1.12. The summed E-state index contributed by atoms with van der Waals surface area (Å²) in [6.45, 7) is 6.18. The minimum Gasteiger partial charge on any atom is -0.0622 e. The van der Waals surface area contributed by atoms with Crippen LogP contribution in [0.1, 0.15) is 24.8 Å². The minimum atomic E-state index is 0.459. The van der Waals surface area contributed by atoms with Crippen LogP contribution < -0.4 is 0 Å². The van der Waals surface area contributed by atoms with Crippen molar-refractivity contribution in [2.45, 2.75) is 19.3 Å². The van der Waals surface area contributed by atoms with E-state index in [2.05, 4.69) is 38.1 Å². The van der Waals surface area contributed by atoms with Gasteiger partial charge < -0.3 is 0 Å². The zero-order chi connectivity index (χ0) is 7.40. The van der Waals surface area contributed by atoms with Gasteiger partial charge in [0.15, 0.2) is 0 Å². The first kappa shape index (κ1) is 7.20. The fourth-order valence-electron chi connectivity index (χ4n) is 0.961. The van der Waals surface area contributed by atoms with Gasteiger partial charge in [-0.25, -0.2) is 0 Å². The Bertz CT molecular complexity index is 176. The maximum atomic E-state index is 4.03. The lowest BCUT2D eigenvalue weighted by Gasteiger charge is -2.00. The van der Waals surface area contributed by atoms with Crippen LogP contribution in [0.5, 0.6) is 0 Å². The predicted octanol–water partition coefficient (Wildman–Crippen LogP) is 3.01. The molecule has 1 unspecified atom stereocenters. The molecule has 0 amide bonds. The van der Waals surface area contributed by atoms with Gasteiger partial charge in [-0.2, -0.15) is 0 Å². The Morgan fingerprint density at radius 1 is 1.30 bits per heavy atom. The highest BCUT2D eigenvalue weighted by Gasteiger charge is 2.06. The van der Waals surface area contributed by atoms with E-state index in [1.54, 1.807) is 0 Å². The van der Waals surface area contributed by atoms with Crippen LogP contribution in [-0.4, -0.2) is 0 Å². The van der Waals surface area contributed by atoms with Crippen molar-refractivity contribution < 1.29 is 0 Å². The lowest BCUT2D eigenvalue weighted by atomic mass is 9.99. The monoisotopic (exact) mass is 133 g/mol. The van der Waals surface area contributed by atoms with Gasteiger partial charge in [-0.3, -0.25) is 0 Å². The molecule has 0 aromatic heterocycles. The molecule has 0 heterocycles. The molecule has 1 rings (SSSR count).